The van der Waals surface area contributed by atoms with E-state index in [2.05, 4.69) is 0 Å². The van der Waals surface area contributed by atoms with Gasteiger partial charge in [0, 0.05) is 22.6 Å². The fourth-order valence-electron chi connectivity index (χ4n) is 1.63. The summed E-state index contributed by atoms with van der Waals surface area (Å²) in [6.07, 6.45) is 0. The fourth-order valence-corrected chi connectivity index (χ4v) is 2.86. The van der Waals surface area contributed by atoms with Gasteiger partial charge in [-0.3, -0.25) is 0 Å². The van der Waals surface area contributed by atoms with Gasteiger partial charge in [0.25, 0.3) is 0 Å². The first-order chi connectivity index (χ1) is 8.40. The largest absolute Gasteiger partial charge is 0.319 e. The van der Waals surface area contributed by atoms with Crippen molar-refractivity contribution in [2.75, 3.05) is 0 Å². The lowest BCUT2D eigenvalue weighted by Crippen LogP contribution is -2.14. The van der Waals surface area contributed by atoms with Gasteiger partial charge >= 0.3 is 0 Å². The Morgan fingerprint density at radius 1 is 1.17 bits per heavy atom. The summed E-state index contributed by atoms with van der Waals surface area (Å²) in [6.45, 7) is 1.77. The summed E-state index contributed by atoms with van der Waals surface area (Å²) in [4.78, 5) is 0.530. The van der Waals surface area contributed by atoms with E-state index in [1.807, 2.05) is 0 Å². The van der Waals surface area contributed by atoms with Crippen LogP contribution in [0.4, 0.5) is 13.2 Å². The molecule has 1 aromatic heterocycles. The summed E-state index contributed by atoms with van der Waals surface area (Å²) in [7, 11) is 0. The minimum Gasteiger partial charge on any atom is -0.319 e. The summed E-state index contributed by atoms with van der Waals surface area (Å²) in [5.74, 6) is -2.97. The third-order valence-electron chi connectivity index (χ3n) is 2.54. The maximum atomic E-state index is 13.6. The zero-order valence-corrected chi connectivity index (χ0v) is 10.9. The third kappa shape index (κ3) is 2.39. The molecule has 1 nitrogen and oxygen atoms in total. The molecule has 0 fully saturated rings. The van der Waals surface area contributed by atoms with Crippen molar-refractivity contribution in [2.45, 2.75) is 13.0 Å². The van der Waals surface area contributed by atoms with Gasteiger partial charge in [-0.15, -0.1) is 11.3 Å². The van der Waals surface area contributed by atoms with Crippen LogP contribution in [0.25, 0.3) is 0 Å². The molecule has 0 amide bonds. The van der Waals surface area contributed by atoms with Crippen LogP contribution in [0.5, 0.6) is 0 Å². The lowest BCUT2D eigenvalue weighted by Gasteiger charge is -2.12. The molecule has 96 valence electrons. The first-order valence-electron chi connectivity index (χ1n) is 5.06. The minimum atomic E-state index is -0.998. The average Bonchev–Trinajstić information content (AvgIpc) is 2.57. The van der Waals surface area contributed by atoms with E-state index < -0.39 is 23.5 Å². The van der Waals surface area contributed by atoms with E-state index in [1.165, 1.54) is 0 Å². The average molecular weight is 292 g/mol. The molecule has 0 aliphatic carbocycles. The van der Waals surface area contributed by atoms with Crippen LogP contribution in [0.1, 0.15) is 22.0 Å². The molecule has 0 aliphatic heterocycles. The maximum Gasteiger partial charge on any atom is 0.134 e. The number of hydrogen-bond donors (Lipinski definition) is 1. The molecule has 0 aliphatic rings. The van der Waals surface area contributed by atoms with Gasteiger partial charge in [-0.05, 0) is 18.6 Å². The van der Waals surface area contributed by atoms with Gasteiger partial charge in [-0.1, -0.05) is 11.6 Å². The van der Waals surface area contributed by atoms with E-state index in [0.717, 1.165) is 16.9 Å². The topological polar surface area (TPSA) is 26.0 Å². The van der Waals surface area contributed by atoms with Crippen molar-refractivity contribution in [1.29, 1.82) is 0 Å². The first-order valence-corrected chi connectivity index (χ1v) is 6.25. The van der Waals surface area contributed by atoms with E-state index in [1.54, 1.807) is 13.0 Å². The Hall–Kier alpha value is -1.04. The van der Waals surface area contributed by atoms with Gasteiger partial charge in [0.1, 0.15) is 17.5 Å². The lowest BCUT2D eigenvalue weighted by atomic mass is 10.0. The Balaban J connectivity index is 2.49. The van der Waals surface area contributed by atoms with Gasteiger partial charge < -0.3 is 5.73 Å². The van der Waals surface area contributed by atoms with Gasteiger partial charge in [0.2, 0.25) is 0 Å². The van der Waals surface area contributed by atoms with Crippen molar-refractivity contribution in [3.8, 4) is 0 Å². The van der Waals surface area contributed by atoms with Gasteiger partial charge in [-0.25, -0.2) is 13.2 Å². The van der Waals surface area contributed by atoms with E-state index in [-0.39, 0.29) is 5.56 Å². The van der Waals surface area contributed by atoms with Gasteiger partial charge in [-0.2, -0.15) is 0 Å². The number of aryl methyl sites for hydroxylation is 1. The quantitative estimate of drug-likeness (QED) is 0.883. The molecule has 0 bridgehead atoms. The second-order valence-corrected chi connectivity index (χ2v) is 5.55. The SMILES string of the molecule is Cc1cc(C(N)c2c(F)cc(F)cc2F)sc1Cl. The smallest absolute Gasteiger partial charge is 0.134 e. The molecular formula is C12H9ClF3NS. The zero-order valence-electron chi connectivity index (χ0n) is 9.31. The van der Waals surface area contributed by atoms with E-state index >= 15 is 0 Å². The normalized spacial score (nSPS) is 12.8. The van der Waals surface area contributed by atoms with E-state index in [9.17, 15) is 13.2 Å². The Morgan fingerprint density at radius 2 is 1.72 bits per heavy atom. The van der Waals surface area contributed by atoms with Crippen LogP contribution in [-0.4, -0.2) is 0 Å². The van der Waals surface area contributed by atoms with Crippen molar-refractivity contribution in [3.05, 3.63) is 56.0 Å². The second kappa shape index (κ2) is 4.91. The van der Waals surface area contributed by atoms with Crippen LogP contribution in [0.2, 0.25) is 4.34 Å². The van der Waals surface area contributed by atoms with Gasteiger partial charge in [0.05, 0.1) is 10.4 Å². The number of thiophene rings is 1. The fraction of sp³-hybridized carbons (Fsp3) is 0.167. The number of nitrogens with two attached hydrogens (primary N) is 1. The number of benzene rings is 1. The van der Waals surface area contributed by atoms with Crippen molar-refractivity contribution < 1.29 is 13.2 Å². The monoisotopic (exact) mass is 291 g/mol. The van der Waals surface area contributed by atoms with E-state index in [0.29, 0.717) is 21.3 Å². The first kappa shape index (κ1) is 13.4. The molecule has 0 spiro atoms. The van der Waals surface area contributed by atoms with Crippen molar-refractivity contribution in [3.63, 3.8) is 0 Å². The summed E-state index contributed by atoms with van der Waals surface area (Å²) in [5.41, 5.74) is 6.23. The summed E-state index contributed by atoms with van der Waals surface area (Å²) >= 11 is 7.03. The molecule has 0 saturated carbocycles. The molecule has 1 heterocycles. The predicted octanol–water partition coefficient (Wildman–Crippen LogP) is 4.18. The Bertz CT molecular complexity index is 554. The molecule has 18 heavy (non-hydrogen) atoms. The summed E-state index contributed by atoms with van der Waals surface area (Å²) in [6, 6.07) is 1.89. The Morgan fingerprint density at radius 3 is 2.17 bits per heavy atom. The highest BCUT2D eigenvalue weighted by molar-refractivity contribution is 7.16. The maximum absolute atomic E-state index is 13.6. The number of hydrogen-bond acceptors (Lipinski definition) is 2. The zero-order chi connectivity index (χ0) is 13.4. The third-order valence-corrected chi connectivity index (χ3v) is 4.18. The molecule has 1 unspecified atom stereocenters. The van der Waals surface area contributed by atoms with Crippen LogP contribution in [0, 0.1) is 24.4 Å². The standard InChI is InChI=1S/C12H9ClF3NS/c1-5-2-9(18-12(5)13)11(17)10-7(15)3-6(14)4-8(10)16/h2-4,11H,17H2,1H3. The summed E-state index contributed by atoms with van der Waals surface area (Å²) < 4.78 is 40.5. The molecule has 1 aromatic carbocycles. The van der Waals surface area contributed by atoms with Gasteiger partial charge in [0.15, 0.2) is 0 Å². The highest BCUT2D eigenvalue weighted by atomic mass is 35.5. The van der Waals surface area contributed by atoms with Crippen molar-refractivity contribution in [1.82, 2.24) is 0 Å². The molecule has 6 heteroatoms. The van der Waals surface area contributed by atoms with Crippen LogP contribution >= 0.6 is 22.9 Å². The van der Waals surface area contributed by atoms with Crippen LogP contribution in [-0.2, 0) is 0 Å². The van der Waals surface area contributed by atoms with Crippen molar-refractivity contribution in [2.24, 2.45) is 5.73 Å². The van der Waals surface area contributed by atoms with Crippen LogP contribution in [0.15, 0.2) is 18.2 Å². The Kier molecular flexibility index (Phi) is 3.66. The minimum absolute atomic E-state index is 0.352. The summed E-state index contributed by atoms with van der Waals surface area (Å²) in [5, 5.41) is 0. The molecule has 0 radical (unpaired) electrons. The number of rotatable bonds is 2. The van der Waals surface area contributed by atoms with Crippen molar-refractivity contribution >= 4 is 22.9 Å². The van der Waals surface area contributed by atoms with Crippen LogP contribution in [0.3, 0.4) is 0 Å². The molecule has 2 N–H and O–H groups in total. The second-order valence-electron chi connectivity index (χ2n) is 3.87. The predicted molar refractivity (Wildman–Crippen MR) is 66.4 cm³/mol. The molecule has 2 aromatic rings. The molecule has 2 rings (SSSR count). The molecular weight excluding hydrogens is 283 g/mol. The van der Waals surface area contributed by atoms with E-state index in [4.69, 9.17) is 17.3 Å². The lowest BCUT2D eigenvalue weighted by molar-refractivity contribution is 0.516. The molecule has 1 atom stereocenters. The highest BCUT2D eigenvalue weighted by Crippen LogP contribution is 2.34. The Labute approximate surface area is 111 Å². The molecule has 0 saturated heterocycles. The highest BCUT2D eigenvalue weighted by Gasteiger charge is 2.21. The number of halogens is 4. The van der Waals surface area contributed by atoms with Crippen LogP contribution < -0.4 is 5.73 Å².